The van der Waals surface area contributed by atoms with Crippen molar-refractivity contribution in [3.63, 3.8) is 0 Å². The van der Waals surface area contributed by atoms with E-state index >= 15 is 0 Å². The van der Waals surface area contributed by atoms with Crippen LogP contribution in [0.25, 0.3) is 21.1 Å². The van der Waals surface area contributed by atoms with Crippen LogP contribution in [0.2, 0.25) is 0 Å². The first-order chi connectivity index (χ1) is 9.90. The predicted molar refractivity (Wildman–Crippen MR) is 81.4 cm³/mol. The van der Waals surface area contributed by atoms with Crippen molar-refractivity contribution >= 4 is 32.5 Å². The van der Waals surface area contributed by atoms with Crippen LogP contribution in [0, 0.1) is 0 Å². The molecule has 0 aliphatic rings. The molecule has 0 radical (unpaired) electrons. The van der Waals surface area contributed by atoms with E-state index in [1.165, 1.54) is 0 Å². The Hall–Kier alpha value is -2.46. The van der Waals surface area contributed by atoms with Crippen molar-refractivity contribution in [3.8, 4) is 10.9 Å². The second kappa shape index (κ2) is 4.58. The molecule has 0 saturated heterocycles. The second-order valence-corrected chi connectivity index (χ2v) is 5.37. The number of hydrogen-bond donors (Lipinski definition) is 0. The number of rotatable bonds is 2. The molecule has 0 aliphatic heterocycles. The molecular formula is C16H10N2OS. The molecule has 20 heavy (non-hydrogen) atoms. The number of fused-ring (bicyclic) bond motifs is 2. The first kappa shape index (κ1) is 11.4. The van der Waals surface area contributed by atoms with E-state index in [2.05, 4.69) is 9.97 Å². The molecule has 0 atom stereocenters. The number of hydrogen-bond acceptors (Lipinski definition) is 4. The standard InChI is InChI=1S/C16H10N2OS/c1-2-9-15-13(6-1)18-16(20-15)19-14-8-3-7-12-11(14)5-4-10-17-12/h1-10H. The average Bonchev–Trinajstić information content (AvgIpc) is 2.90. The van der Waals surface area contributed by atoms with Gasteiger partial charge in [0.1, 0.15) is 5.75 Å². The zero-order chi connectivity index (χ0) is 13.4. The first-order valence-corrected chi connectivity index (χ1v) is 7.09. The molecule has 0 fully saturated rings. The van der Waals surface area contributed by atoms with Gasteiger partial charge in [0, 0.05) is 11.6 Å². The van der Waals surface area contributed by atoms with E-state index in [-0.39, 0.29) is 0 Å². The fraction of sp³-hybridized carbons (Fsp3) is 0. The normalized spacial score (nSPS) is 11.0. The van der Waals surface area contributed by atoms with Crippen LogP contribution in [0.3, 0.4) is 0 Å². The van der Waals surface area contributed by atoms with E-state index in [9.17, 15) is 0 Å². The van der Waals surface area contributed by atoms with E-state index < -0.39 is 0 Å². The van der Waals surface area contributed by atoms with Crippen molar-refractivity contribution in [1.82, 2.24) is 9.97 Å². The van der Waals surface area contributed by atoms with Crippen LogP contribution in [0.5, 0.6) is 10.9 Å². The van der Waals surface area contributed by atoms with Crippen molar-refractivity contribution in [1.29, 1.82) is 0 Å². The van der Waals surface area contributed by atoms with Crippen LogP contribution in [-0.2, 0) is 0 Å². The summed E-state index contributed by atoms with van der Waals surface area (Å²) in [6, 6.07) is 17.8. The minimum absolute atomic E-state index is 0.655. The Balaban J connectivity index is 1.80. The summed E-state index contributed by atoms with van der Waals surface area (Å²) in [7, 11) is 0. The largest absolute Gasteiger partial charge is 0.430 e. The lowest BCUT2D eigenvalue weighted by atomic mass is 10.2. The third-order valence-corrected chi connectivity index (χ3v) is 3.99. The summed E-state index contributed by atoms with van der Waals surface area (Å²) >= 11 is 1.55. The fourth-order valence-electron chi connectivity index (χ4n) is 2.15. The molecule has 0 spiro atoms. The maximum atomic E-state index is 5.94. The van der Waals surface area contributed by atoms with Crippen LogP contribution in [0.15, 0.2) is 60.8 Å². The quantitative estimate of drug-likeness (QED) is 0.536. The summed E-state index contributed by atoms with van der Waals surface area (Å²) in [5.41, 5.74) is 1.89. The van der Waals surface area contributed by atoms with E-state index in [0.717, 1.165) is 26.9 Å². The van der Waals surface area contributed by atoms with Gasteiger partial charge < -0.3 is 4.74 Å². The SMILES string of the molecule is c1ccc2sc(Oc3cccc4ncccc34)nc2c1. The van der Waals surface area contributed by atoms with Crippen molar-refractivity contribution in [2.24, 2.45) is 0 Å². The maximum absolute atomic E-state index is 5.94. The van der Waals surface area contributed by atoms with Crippen LogP contribution < -0.4 is 4.74 Å². The Morgan fingerprint density at radius 2 is 1.75 bits per heavy atom. The van der Waals surface area contributed by atoms with Crippen LogP contribution in [0.4, 0.5) is 0 Å². The van der Waals surface area contributed by atoms with Crippen molar-refractivity contribution in [2.45, 2.75) is 0 Å². The number of ether oxygens (including phenoxy) is 1. The maximum Gasteiger partial charge on any atom is 0.279 e. The Morgan fingerprint density at radius 3 is 2.70 bits per heavy atom. The molecule has 0 unspecified atom stereocenters. The van der Waals surface area contributed by atoms with Gasteiger partial charge in [-0.05, 0) is 36.4 Å². The zero-order valence-electron chi connectivity index (χ0n) is 10.5. The Kier molecular flexibility index (Phi) is 2.60. The van der Waals surface area contributed by atoms with Gasteiger partial charge in [0.25, 0.3) is 5.19 Å². The molecule has 2 aromatic carbocycles. The van der Waals surface area contributed by atoms with Gasteiger partial charge in [0.15, 0.2) is 0 Å². The van der Waals surface area contributed by atoms with E-state index in [1.54, 1.807) is 17.5 Å². The van der Waals surface area contributed by atoms with Gasteiger partial charge in [-0.15, -0.1) is 0 Å². The average molecular weight is 278 g/mol. The Labute approximate surface area is 119 Å². The minimum Gasteiger partial charge on any atom is -0.430 e. The van der Waals surface area contributed by atoms with E-state index in [0.29, 0.717) is 5.19 Å². The molecule has 3 nitrogen and oxygen atoms in total. The Bertz CT molecular complexity index is 863. The number of aromatic nitrogens is 2. The molecule has 0 saturated carbocycles. The summed E-state index contributed by atoms with van der Waals surface area (Å²) in [6.45, 7) is 0. The van der Waals surface area contributed by atoms with Gasteiger partial charge in [0.05, 0.1) is 15.7 Å². The van der Waals surface area contributed by atoms with Gasteiger partial charge in [0.2, 0.25) is 0 Å². The van der Waals surface area contributed by atoms with Crippen molar-refractivity contribution in [2.75, 3.05) is 0 Å². The van der Waals surface area contributed by atoms with E-state index in [1.807, 2.05) is 54.6 Å². The number of nitrogens with zero attached hydrogens (tertiary/aromatic N) is 2. The van der Waals surface area contributed by atoms with Crippen LogP contribution in [-0.4, -0.2) is 9.97 Å². The lowest BCUT2D eigenvalue weighted by Crippen LogP contribution is -1.86. The topological polar surface area (TPSA) is 35.0 Å². The number of pyridine rings is 1. The predicted octanol–water partition coefficient (Wildman–Crippen LogP) is 4.64. The highest BCUT2D eigenvalue weighted by atomic mass is 32.1. The lowest BCUT2D eigenvalue weighted by molar-refractivity contribution is 0.485. The highest BCUT2D eigenvalue weighted by molar-refractivity contribution is 7.20. The van der Waals surface area contributed by atoms with Crippen molar-refractivity contribution in [3.05, 3.63) is 60.8 Å². The molecular weight excluding hydrogens is 268 g/mol. The van der Waals surface area contributed by atoms with Gasteiger partial charge in [-0.3, -0.25) is 4.98 Å². The molecule has 4 heteroatoms. The summed E-state index contributed by atoms with van der Waals surface area (Å²) in [4.78, 5) is 8.82. The van der Waals surface area contributed by atoms with Gasteiger partial charge >= 0.3 is 0 Å². The molecule has 0 bridgehead atoms. The molecule has 2 aromatic heterocycles. The highest BCUT2D eigenvalue weighted by Crippen LogP contribution is 2.33. The molecule has 0 amide bonds. The van der Waals surface area contributed by atoms with Crippen LogP contribution >= 0.6 is 11.3 Å². The number of benzene rings is 2. The van der Waals surface area contributed by atoms with Crippen molar-refractivity contribution < 1.29 is 4.74 Å². The smallest absolute Gasteiger partial charge is 0.279 e. The zero-order valence-corrected chi connectivity index (χ0v) is 11.3. The minimum atomic E-state index is 0.655. The molecule has 0 aliphatic carbocycles. The lowest BCUT2D eigenvalue weighted by Gasteiger charge is -2.04. The molecule has 96 valence electrons. The third kappa shape index (κ3) is 1.90. The fourth-order valence-corrected chi connectivity index (χ4v) is 2.98. The monoisotopic (exact) mass is 278 g/mol. The van der Waals surface area contributed by atoms with Gasteiger partial charge in [-0.25, -0.2) is 4.98 Å². The molecule has 4 rings (SSSR count). The molecule has 2 heterocycles. The molecule has 0 N–H and O–H groups in total. The first-order valence-electron chi connectivity index (χ1n) is 6.27. The van der Waals surface area contributed by atoms with Crippen LogP contribution in [0.1, 0.15) is 0 Å². The van der Waals surface area contributed by atoms with Gasteiger partial charge in [-0.1, -0.05) is 29.5 Å². The second-order valence-electron chi connectivity index (χ2n) is 4.38. The Morgan fingerprint density at radius 1 is 0.850 bits per heavy atom. The molecule has 4 aromatic rings. The summed E-state index contributed by atoms with van der Waals surface area (Å²) in [5, 5.41) is 1.65. The summed E-state index contributed by atoms with van der Waals surface area (Å²) in [5.74, 6) is 0.787. The highest BCUT2D eigenvalue weighted by Gasteiger charge is 2.08. The number of thiazole rings is 1. The van der Waals surface area contributed by atoms with E-state index in [4.69, 9.17) is 4.74 Å². The summed E-state index contributed by atoms with van der Waals surface area (Å²) in [6.07, 6.45) is 1.78. The third-order valence-electron chi connectivity index (χ3n) is 3.08. The van der Waals surface area contributed by atoms with Gasteiger partial charge in [-0.2, -0.15) is 0 Å². The number of para-hydroxylation sites is 1. The summed E-state index contributed by atoms with van der Waals surface area (Å²) < 4.78 is 7.07.